The summed E-state index contributed by atoms with van der Waals surface area (Å²) in [5, 5.41) is 0. The van der Waals surface area contributed by atoms with Gasteiger partial charge in [-0.05, 0) is 116 Å². The van der Waals surface area contributed by atoms with Crippen molar-refractivity contribution in [2.45, 2.75) is 297 Å². The molecule has 0 saturated carbocycles. The number of rotatable bonds is 57. The van der Waals surface area contributed by atoms with Crippen molar-refractivity contribution in [3.63, 3.8) is 0 Å². The van der Waals surface area contributed by atoms with E-state index < -0.39 is 6.10 Å². The number of hydrogen-bond donors (Lipinski definition) is 0. The quantitative estimate of drug-likeness (QED) is 0.0261. The van der Waals surface area contributed by atoms with E-state index in [2.05, 4.69) is 142 Å². The van der Waals surface area contributed by atoms with Gasteiger partial charge in [0.25, 0.3) is 0 Å². The Bertz CT molecular complexity index is 1600. The third-order valence-electron chi connectivity index (χ3n) is 13.5. The predicted octanol–water partition coefficient (Wildman–Crippen LogP) is 22.0. The molecule has 0 aliphatic rings. The van der Waals surface area contributed by atoms with Crippen molar-refractivity contribution in [2.75, 3.05) is 13.2 Å². The Morgan fingerprint density at radius 1 is 0.273 bits per heavy atom. The molecule has 0 aromatic heterocycles. The van der Waals surface area contributed by atoms with Gasteiger partial charge >= 0.3 is 17.9 Å². The van der Waals surface area contributed by atoms with Crippen molar-refractivity contribution in [1.82, 2.24) is 0 Å². The van der Waals surface area contributed by atoms with E-state index in [4.69, 9.17) is 14.2 Å². The Hall–Kier alpha value is -4.19. The smallest absolute Gasteiger partial charge is 0.306 e. The summed E-state index contributed by atoms with van der Waals surface area (Å²) in [4.78, 5) is 38.2. The molecule has 0 heterocycles. The fourth-order valence-electron chi connectivity index (χ4n) is 8.67. The summed E-state index contributed by atoms with van der Waals surface area (Å²) < 4.78 is 16.9. The zero-order valence-electron chi connectivity index (χ0n) is 50.2. The first-order chi connectivity index (χ1) is 38.0. The minimum absolute atomic E-state index is 0.0857. The first kappa shape index (κ1) is 72.8. The summed E-state index contributed by atoms with van der Waals surface area (Å²) in [6.07, 6.45) is 89.2. The van der Waals surface area contributed by atoms with Gasteiger partial charge in [0, 0.05) is 19.3 Å². The maximum Gasteiger partial charge on any atom is 0.306 e. The second-order valence-electron chi connectivity index (χ2n) is 20.9. The molecule has 1 atom stereocenters. The van der Waals surface area contributed by atoms with Gasteiger partial charge in [-0.3, -0.25) is 14.4 Å². The van der Waals surface area contributed by atoms with Gasteiger partial charge in [-0.15, -0.1) is 0 Å². The average Bonchev–Trinajstić information content (AvgIpc) is 3.43. The Labute approximate surface area is 475 Å². The summed E-state index contributed by atoms with van der Waals surface area (Å²) in [6, 6.07) is 0. The largest absolute Gasteiger partial charge is 0.462 e. The molecule has 0 amide bonds. The maximum absolute atomic E-state index is 12.9. The molecule has 0 radical (unpaired) electrons. The number of carbonyl (C=O) groups is 3. The first-order valence-corrected chi connectivity index (χ1v) is 32.0. The summed E-state index contributed by atoms with van der Waals surface area (Å²) in [6.45, 7) is 6.49. The van der Waals surface area contributed by atoms with Crippen LogP contribution in [0.25, 0.3) is 0 Å². The lowest BCUT2D eigenvalue weighted by atomic mass is 10.1. The van der Waals surface area contributed by atoms with Crippen LogP contribution in [0.15, 0.2) is 122 Å². The first-order valence-electron chi connectivity index (χ1n) is 32.0. The zero-order valence-corrected chi connectivity index (χ0v) is 50.2. The van der Waals surface area contributed by atoms with E-state index >= 15 is 0 Å². The Balaban J connectivity index is 4.29. The van der Waals surface area contributed by atoms with Crippen LogP contribution in [0, 0.1) is 0 Å². The van der Waals surface area contributed by atoms with Crippen LogP contribution in [0.4, 0.5) is 0 Å². The van der Waals surface area contributed by atoms with Crippen LogP contribution < -0.4 is 0 Å². The van der Waals surface area contributed by atoms with Crippen LogP contribution in [-0.2, 0) is 28.6 Å². The molecule has 77 heavy (non-hydrogen) atoms. The fourth-order valence-corrected chi connectivity index (χ4v) is 8.67. The molecule has 0 aliphatic heterocycles. The standard InChI is InChI=1S/C71H118O6/c1-4-7-10-13-16-19-22-24-26-28-30-31-32-33-34-35-36-37-38-39-40-41-42-44-45-47-49-52-55-58-61-64-70(73)76-67-68(66-75-69(72)63-60-57-54-51-21-18-15-12-9-6-3)77-71(74)65-62-59-56-53-50-48-46-43-29-27-25-23-20-17-14-11-8-5-2/h7,10,16,19-20,23-24,26-27,29-31,33-34,36-37,39-40,42,44,68H,4-6,8-9,11-15,17-18,21-22,25,28,32,35,38,41,43,45-67H2,1-3H3/b10-7-,19-16-,23-20-,26-24-,29-27-,31-30-,34-33-,37-36-,40-39-,44-42-. The summed E-state index contributed by atoms with van der Waals surface area (Å²) in [5.41, 5.74) is 0. The summed E-state index contributed by atoms with van der Waals surface area (Å²) in [7, 11) is 0. The molecule has 0 bridgehead atoms. The normalized spacial score (nSPS) is 12.9. The van der Waals surface area contributed by atoms with E-state index in [1.165, 1.54) is 116 Å². The monoisotopic (exact) mass is 1070 g/mol. The number of allylic oxidation sites excluding steroid dienone is 20. The molecule has 0 fully saturated rings. The zero-order chi connectivity index (χ0) is 55.7. The van der Waals surface area contributed by atoms with E-state index in [9.17, 15) is 14.4 Å². The third kappa shape index (κ3) is 62.5. The predicted molar refractivity (Wildman–Crippen MR) is 334 cm³/mol. The van der Waals surface area contributed by atoms with Crippen molar-refractivity contribution in [3.8, 4) is 0 Å². The molecule has 0 spiro atoms. The second kappa shape index (κ2) is 64.3. The van der Waals surface area contributed by atoms with Crippen LogP contribution in [0.5, 0.6) is 0 Å². The third-order valence-corrected chi connectivity index (χ3v) is 13.5. The average molecular weight is 1070 g/mol. The van der Waals surface area contributed by atoms with E-state index in [1.54, 1.807) is 0 Å². The number of carbonyl (C=O) groups excluding carboxylic acids is 3. The van der Waals surface area contributed by atoms with Crippen molar-refractivity contribution < 1.29 is 28.6 Å². The van der Waals surface area contributed by atoms with Crippen LogP contribution in [0.1, 0.15) is 290 Å². The lowest BCUT2D eigenvalue weighted by Crippen LogP contribution is -2.30. The molecule has 0 N–H and O–H groups in total. The Morgan fingerprint density at radius 2 is 0.506 bits per heavy atom. The highest BCUT2D eigenvalue weighted by atomic mass is 16.6. The summed E-state index contributed by atoms with van der Waals surface area (Å²) in [5.74, 6) is -0.906. The molecule has 438 valence electrons. The van der Waals surface area contributed by atoms with Crippen LogP contribution >= 0.6 is 0 Å². The van der Waals surface area contributed by atoms with Crippen LogP contribution in [0.2, 0.25) is 0 Å². The Morgan fingerprint density at radius 3 is 0.805 bits per heavy atom. The second-order valence-corrected chi connectivity index (χ2v) is 20.9. The molecule has 1 unspecified atom stereocenters. The van der Waals surface area contributed by atoms with Gasteiger partial charge in [-0.2, -0.15) is 0 Å². The van der Waals surface area contributed by atoms with Crippen molar-refractivity contribution in [2.24, 2.45) is 0 Å². The minimum atomic E-state index is -0.790. The SMILES string of the molecule is CC/C=C\C/C=C\C/C=C\C/C=C\C/C=C\C/C=C\C/C=C\C/C=C\CCCCCCCCC(=O)OCC(COC(=O)CCCCCCCCCCCC)OC(=O)CCCCCCCCC/C=C\C/C=C\CCCCCC. The summed E-state index contributed by atoms with van der Waals surface area (Å²) >= 11 is 0. The highest BCUT2D eigenvalue weighted by Crippen LogP contribution is 2.15. The molecular weight excluding hydrogens is 949 g/mol. The number of unbranched alkanes of at least 4 members (excludes halogenated alkanes) is 26. The van der Waals surface area contributed by atoms with Crippen molar-refractivity contribution in [3.05, 3.63) is 122 Å². The molecule has 0 saturated heterocycles. The number of hydrogen-bond acceptors (Lipinski definition) is 6. The van der Waals surface area contributed by atoms with Gasteiger partial charge in [0.05, 0.1) is 0 Å². The van der Waals surface area contributed by atoms with Crippen LogP contribution in [-0.4, -0.2) is 37.2 Å². The number of ether oxygens (including phenoxy) is 3. The highest BCUT2D eigenvalue weighted by Gasteiger charge is 2.19. The lowest BCUT2D eigenvalue weighted by Gasteiger charge is -2.18. The Kier molecular flexibility index (Phi) is 60.8. The van der Waals surface area contributed by atoms with E-state index in [-0.39, 0.29) is 31.1 Å². The van der Waals surface area contributed by atoms with E-state index in [0.29, 0.717) is 19.3 Å². The fraction of sp³-hybridized carbons (Fsp3) is 0.676. The minimum Gasteiger partial charge on any atom is -0.462 e. The van der Waals surface area contributed by atoms with Crippen LogP contribution in [0.3, 0.4) is 0 Å². The molecule has 0 aromatic carbocycles. The highest BCUT2D eigenvalue weighted by molar-refractivity contribution is 5.71. The lowest BCUT2D eigenvalue weighted by molar-refractivity contribution is -0.167. The van der Waals surface area contributed by atoms with Gasteiger partial charge in [0.15, 0.2) is 6.10 Å². The van der Waals surface area contributed by atoms with Crippen molar-refractivity contribution in [1.29, 1.82) is 0 Å². The topological polar surface area (TPSA) is 78.9 Å². The molecular formula is C71H118O6. The van der Waals surface area contributed by atoms with Crippen molar-refractivity contribution >= 4 is 17.9 Å². The van der Waals surface area contributed by atoms with E-state index in [0.717, 1.165) is 135 Å². The number of esters is 3. The molecule has 0 aliphatic carbocycles. The van der Waals surface area contributed by atoms with Gasteiger partial charge in [-0.1, -0.05) is 277 Å². The molecule has 0 rings (SSSR count). The van der Waals surface area contributed by atoms with Gasteiger partial charge in [-0.25, -0.2) is 0 Å². The van der Waals surface area contributed by atoms with Gasteiger partial charge in [0.1, 0.15) is 13.2 Å². The van der Waals surface area contributed by atoms with E-state index in [1.807, 2.05) is 0 Å². The maximum atomic E-state index is 12.9. The van der Waals surface area contributed by atoms with Gasteiger partial charge in [0.2, 0.25) is 0 Å². The molecule has 6 nitrogen and oxygen atoms in total. The molecule has 6 heteroatoms. The van der Waals surface area contributed by atoms with Gasteiger partial charge < -0.3 is 14.2 Å². The molecule has 0 aromatic rings.